The highest BCUT2D eigenvalue weighted by atomic mass is 32.2. The lowest BCUT2D eigenvalue weighted by Crippen LogP contribution is -2.27. The van der Waals surface area contributed by atoms with Crippen LogP contribution in [-0.2, 0) is 11.3 Å². The summed E-state index contributed by atoms with van der Waals surface area (Å²) in [6, 6.07) is 19.1. The molecule has 192 valence electrons. The van der Waals surface area contributed by atoms with Crippen molar-refractivity contribution in [2.75, 3.05) is 31.8 Å². The first-order valence-corrected chi connectivity index (χ1v) is 13.0. The second kappa shape index (κ2) is 11.9. The van der Waals surface area contributed by atoms with Gasteiger partial charge in [-0.3, -0.25) is 9.59 Å². The number of rotatable bonds is 10. The Morgan fingerprint density at radius 1 is 0.946 bits per heavy atom. The normalized spacial score (nSPS) is 10.8. The quantitative estimate of drug-likeness (QED) is 0.274. The van der Waals surface area contributed by atoms with Crippen LogP contribution < -0.4 is 20.1 Å². The second-order valence-corrected chi connectivity index (χ2v) is 9.68. The highest BCUT2D eigenvalue weighted by Gasteiger charge is 2.14. The van der Waals surface area contributed by atoms with E-state index < -0.39 is 0 Å². The SMILES string of the molecule is COc1ccc(OC)c(NC(=O)CSc2cn(CCNC(=O)c3ccc(C)c(C)c3)c3ccccc23)c1. The highest BCUT2D eigenvalue weighted by molar-refractivity contribution is 8.00. The Morgan fingerprint density at radius 2 is 1.76 bits per heavy atom. The molecule has 0 unspecified atom stereocenters. The molecule has 4 rings (SSSR count). The van der Waals surface area contributed by atoms with Gasteiger partial charge in [0.1, 0.15) is 11.5 Å². The number of benzene rings is 3. The van der Waals surface area contributed by atoms with Crippen molar-refractivity contribution < 1.29 is 19.1 Å². The molecule has 0 fully saturated rings. The minimum absolute atomic E-state index is 0.0844. The number of ether oxygens (including phenoxy) is 2. The summed E-state index contributed by atoms with van der Waals surface area (Å²) in [4.78, 5) is 26.3. The topological polar surface area (TPSA) is 81.6 Å². The maximum Gasteiger partial charge on any atom is 0.251 e. The largest absolute Gasteiger partial charge is 0.497 e. The molecule has 4 aromatic rings. The van der Waals surface area contributed by atoms with Crippen LogP contribution in [0.25, 0.3) is 10.9 Å². The van der Waals surface area contributed by atoms with Crippen molar-refractivity contribution in [3.8, 4) is 11.5 Å². The third kappa shape index (κ3) is 6.27. The molecule has 0 atom stereocenters. The maximum atomic E-state index is 12.7. The molecule has 0 aliphatic rings. The Labute approximate surface area is 221 Å². The van der Waals surface area contributed by atoms with E-state index in [0.29, 0.717) is 35.8 Å². The molecule has 37 heavy (non-hydrogen) atoms. The van der Waals surface area contributed by atoms with Crippen LogP contribution in [0.15, 0.2) is 71.8 Å². The van der Waals surface area contributed by atoms with Crippen molar-refractivity contribution in [1.29, 1.82) is 0 Å². The molecule has 0 radical (unpaired) electrons. The molecule has 0 aliphatic carbocycles. The molecule has 7 nitrogen and oxygen atoms in total. The van der Waals surface area contributed by atoms with Crippen LogP contribution >= 0.6 is 11.8 Å². The Balaban J connectivity index is 1.40. The number of hydrogen-bond acceptors (Lipinski definition) is 5. The number of para-hydroxylation sites is 1. The zero-order chi connectivity index (χ0) is 26.4. The molecule has 0 saturated carbocycles. The zero-order valence-corrected chi connectivity index (χ0v) is 22.3. The summed E-state index contributed by atoms with van der Waals surface area (Å²) in [5.41, 5.74) is 4.54. The summed E-state index contributed by atoms with van der Waals surface area (Å²) >= 11 is 1.47. The molecular weight excluding hydrogens is 486 g/mol. The summed E-state index contributed by atoms with van der Waals surface area (Å²) in [5.74, 6) is 1.21. The van der Waals surface area contributed by atoms with Crippen LogP contribution in [0.5, 0.6) is 11.5 Å². The van der Waals surface area contributed by atoms with E-state index in [2.05, 4.69) is 15.2 Å². The molecule has 8 heteroatoms. The number of nitrogens with one attached hydrogen (secondary N) is 2. The molecular formula is C29H31N3O4S. The van der Waals surface area contributed by atoms with E-state index in [1.807, 2.05) is 62.5 Å². The lowest BCUT2D eigenvalue weighted by molar-refractivity contribution is -0.113. The van der Waals surface area contributed by atoms with E-state index >= 15 is 0 Å². The van der Waals surface area contributed by atoms with Crippen LogP contribution in [0.2, 0.25) is 0 Å². The molecule has 2 N–H and O–H groups in total. The predicted molar refractivity (Wildman–Crippen MR) is 149 cm³/mol. The van der Waals surface area contributed by atoms with Gasteiger partial charge in [-0.2, -0.15) is 0 Å². The van der Waals surface area contributed by atoms with E-state index in [9.17, 15) is 9.59 Å². The van der Waals surface area contributed by atoms with Gasteiger partial charge in [-0.1, -0.05) is 24.3 Å². The minimum atomic E-state index is -0.144. The fourth-order valence-electron chi connectivity index (χ4n) is 4.03. The van der Waals surface area contributed by atoms with Gasteiger partial charge in [0.2, 0.25) is 5.91 Å². The van der Waals surface area contributed by atoms with E-state index in [0.717, 1.165) is 26.9 Å². The molecule has 2 amide bonds. The number of thioether (sulfide) groups is 1. The van der Waals surface area contributed by atoms with E-state index in [4.69, 9.17) is 9.47 Å². The summed E-state index contributed by atoms with van der Waals surface area (Å²) < 4.78 is 12.7. The van der Waals surface area contributed by atoms with Gasteiger partial charge in [0.15, 0.2) is 0 Å². The number of carbonyl (C=O) groups is 2. The molecule has 1 heterocycles. The first-order chi connectivity index (χ1) is 17.9. The van der Waals surface area contributed by atoms with Crippen molar-refractivity contribution in [2.24, 2.45) is 0 Å². The molecule has 0 spiro atoms. The summed E-state index contributed by atoms with van der Waals surface area (Å²) in [6.45, 7) is 5.14. The zero-order valence-electron chi connectivity index (χ0n) is 21.5. The number of carbonyl (C=O) groups excluding carboxylic acids is 2. The van der Waals surface area contributed by atoms with Crippen molar-refractivity contribution in [3.05, 3.63) is 83.6 Å². The molecule has 3 aromatic carbocycles. The monoisotopic (exact) mass is 517 g/mol. The average Bonchev–Trinajstić information content (AvgIpc) is 3.26. The van der Waals surface area contributed by atoms with Gasteiger partial charge in [0.25, 0.3) is 5.91 Å². The predicted octanol–water partition coefficient (Wildman–Crippen LogP) is 5.44. The smallest absolute Gasteiger partial charge is 0.251 e. The van der Waals surface area contributed by atoms with Gasteiger partial charge in [0.05, 0.1) is 25.7 Å². The standard InChI is InChI=1S/C29H31N3O4S/c1-19-9-10-21(15-20(19)2)29(34)30-13-14-32-17-27(23-7-5-6-8-25(23)32)37-18-28(33)31-24-16-22(35-3)11-12-26(24)36-4/h5-12,15-17H,13-14,18H2,1-4H3,(H,30,34)(H,31,33). The van der Waals surface area contributed by atoms with Crippen molar-refractivity contribution in [1.82, 2.24) is 9.88 Å². The number of anilines is 1. The number of aryl methyl sites for hydroxylation is 2. The van der Waals surface area contributed by atoms with E-state index in [1.165, 1.54) is 11.8 Å². The van der Waals surface area contributed by atoms with E-state index in [-0.39, 0.29) is 17.6 Å². The third-order valence-electron chi connectivity index (χ3n) is 6.20. The number of hydrogen-bond donors (Lipinski definition) is 2. The van der Waals surface area contributed by atoms with Gasteiger partial charge in [-0.25, -0.2) is 0 Å². The third-order valence-corrected chi connectivity index (χ3v) is 7.24. The van der Waals surface area contributed by atoms with Crippen LogP contribution in [0.3, 0.4) is 0 Å². The first kappa shape index (κ1) is 26.2. The van der Waals surface area contributed by atoms with Gasteiger partial charge < -0.3 is 24.7 Å². The number of aromatic nitrogens is 1. The minimum Gasteiger partial charge on any atom is -0.497 e. The summed E-state index contributed by atoms with van der Waals surface area (Å²) in [5, 5.41) is 6.99. The van der Waals surface area contributed by atoms with Gasteiger partial charge in [-0.05, 0) is 55.3 Å². The Hall–Kier alpha value is -3.91. The maximum absolute atomic E-state index is 12.7. The molecule has 0 saturated heterocycles. The van der Waals surface area contributed by atoms with Crippen LogP contribution in [-0.4, -0.2) is 42.9 Å². The molecule has 0 aliphatic heterocycles. The number of amides is 2. The lowest BCUT2D eigenvalue weighted by Gasteiger charge is -2.11. The highest BCUT2D eigenvalue weighted by Crippen LogP contribution is 2.32. The summed E-state index contributed by atoms with van der Waals surface area (Å²) in [6.07, 6.45) is 2.04. The Morgan fingerprint density at radius 3 is 2.51 bits per heavy atom. The van der Waals surface area contributed by atoms with Crippen molar-refractivity contribution in [2.45, 2.75) is 25.3 Å². The van der Waals surface area contributed by atoms with Crippen LogP contribution in [0.4, 0.5) is 5.69 Å². The fourth-order valence-corrected chi connectivity index (χ4v) is 4.92. The molecule has 0 bridgehead atoms. The molecule has 1 aromatic heterocycles. The van der Waals surface area contributed by atoms with Gasteiger partial charge >= 0.3 is 0 Å². The lowest BCUT2D eigenvalue weighted by atomic mass is 10.1. The average molecular weight is 518 g/mol. The number of methoxy groups -OCH3 is 2. The Kier molecular flexibility index (Phi) is 8.40. The van der Waals surface area contributed by atoms with Crippen molar-refractivity contribution in [3.63, 3.8) is 0 Å². The van der Waals surface area contributed by atoms with Crippen LogP contribution in [0, 0.1) is 13.8 Å². The van der Waals surface area contributed by atoms with Crippen LogP contribution in [0.1, 0.15) is 21.5 Å². The Bertz CT molecular complexity index is 1430. The van der Waals surface area contributed by atoms with Gasteiger partial charge in [-0.15, -0.1) is 11.8 Å². The summed E-state index contributed by atoms with van der Waals surface area (Å²) in [7, 11) is 3.14. The second-order valence-electron chi connectivity index (χ2n) is 8.66. The van der Waals surface area contributed by atoms with Crippen molar-refractivity contribution >= 4 is 40.2 Å². The number of fused-ring (bicyclic) bond motifs is 1. The number of nitrogens with zero attached hydrogens (tertiary/aromatic N) is 1. The van der Waals surface area contributed by atoms with Gasteiger partial charge in [0, 0.05) is 46.7 Å². The van der Waals surface area contributed by atoms with E-state index in [1.54, 1.807) is 32.4 Å². The fraction of sp³-hybridized carbons (Fsp3) is 0.241. The first-order valence-electron chi connectivity index (χ1n) is 12.0.